The number of carbonyl (C=O) groups is 3. The zero-order chi connectivity index (χ0) is 31.1. The summed E-state index contributed by atoms with van der Waals surface area (Å²) in [5.74, 6) is -0.126. The summed E-state index contributed by atoms with van der Waals surface area (Å²) in [4.78, 5) is 48.3. The molecule has 1 aromatic heterocycles. The van der Waals surface area contributed by atoms with Crippen molar-refractivity contribution in [3.63, 3.8) is 0 Å². The largest absolute Gasteiger partial charge is 0.494 e. The fourth-order valence-electron chi connectivity index (χ4n) is 5.60. The maximum atomic E-state index is 13.0. The minimum absolute atomic E-state index is 0.0726. The number of likely N-dealkylation sites (tertiary alicyclic amines) is 1. The summed E-state index contributed by atoms with van der Waals surface area (Å²) >= 11 is 0. The molecule has 0 unspecified atom stereocenters. The molecule has 1 atom stereocenters. The molecule has 13 heteroatoms. The lowest BCUT2D eigenvalue weighted by Gasteiger charge is -2.34. The lowest BCUT2D eigenvalue weighted by Crippen LogP contribution is -2.49. The second-order valence-corrected chi connectivity index (χ2v) is 10.9. The number of aromatic nitrogens is 1. The molecule has 0 aliphatic carbocycles. The Labute approximate surface area is 256 Å². The van der Waals surface area contributed by atoms with Gasteiger partial charge in [0.05, 0.1) is 30.3 Å². The second kappa shape index (κ2) is 14.3. The predicted octanol–water partition coefficient (Wildman–Crippen LogP) is 0.386. The van der Waals surface area contributed by atoms with Crippen LogP contribution in [0.15, 0.2) is 54.7 Å². The normalized spacial score (nSPS) is 16.9. The van der Waals surface area contributed by atoms with Crippen LogP contribution in [0.3, 0.4) is 0 Å². The van der Waals surface area contributed by atoms with Crippen molar-refractivity contribution in [1.29, 1.82) is 5.26 Å². The van der Waals surface area contributed by atoms with Crippen LogP contribution in [-0.4, -0.2) is 113 Å². The van der Waals surface area contributed by atoms with E-state index in [1.165, 1.54) is 4.90 Å². The Morgan fingerprint density at radius 1 is 1.05 bits per heavy atom. The predicted molar refractivity (Wildman–Crippen MR) is 163 cm³/mol. The van der Waals surface area contributed by atoms with Crippen LogP contribution in [0, 0.1) is 11.3 Å². The summed E-state index contributed by atoms with van der Waals surface area (Å²) in [6.45, 7) is 4.34. The SMILES string of the molecule is N#C[C@@H]1CCCN1C(=O)CNC(=O)c1ccnc2ccc(OCCCN3CCN(C(=O)c4ccc(B(O)O)cc4)CC3)cc12. The molecule has 2 fully saturated rings. The topological polar surface area (TPSA) is 159 Å². The van der Waals surface area contributed by atoms with Gasteiger partial charge in [0.2, 0.25) is 5.91 Å². The molecule has 3 aromatic rings. The highest BCUT2D eigenvalue weighted by Crippen LogP contribution is 2.23. The maximum Gasteiger partial charge on any atom is 0.488 e. The third-order valence-corrected chi connectivity index (χ3v) is 8.08. The van der Waals surface area contributed by atoms with Gasteiger partial charge in [-0.05, 0) is 61.1 Å². The van der Waals surface area contributed by atoms with Crippen LogP contribution in [0.1, 0.15) is 40.0 Å². The number of fused-ring (bicyclic) bond motifs is 1. The van der Waals surface area contributed by atoms with E-state index in [-0.39, 0.29) is 18.4 Å². The minimum atomic E-state index is -1.56. The van der Waals surface area contributed by atoms with E-state index in [4.69, 9.17) is 4.74 Å². The average molecular weight is 598 g/mol. The quantitative estimate of drug-likeness (QED) is 0.222. The Kier molecular flexibility index (Phi) is 10.1. The molecule has 44 heavy (non-hydrogen) atoms. The van der Waals surface area contributed by atoms with Crippen LogP contribution < -0.4 is 15.5 Å². The number of nitrogens with one attached hydrogen (secondary N) is 1. The number of nitrogens with zero attached hydrogens (tertiary/aromatic N) is 5. The van der Waals surface area contributed by atoms with Crippen molar-refractivity contribution in [3.05, 3.63) is 65.9 Å². The number of amides is 3. The van der Waals surface area contributed by atoms with E-state index in [2.05, 4.69) is 21.3 Å². The Morgan fingerprint density at radius 3 is 2.55 bits per heavy atom. The average Bonchev–Trinajstić information content (AvgIpc) is 3.54. The summed E-state index contributed by atoms with van der Waals surface area (Å²) in [5.41, 5.74) is 1.89. The molecule has 3 amide bonds. The van der Waals surface area contributed by atoms with Gasteiger partial charge in [0.1, 0.15) is 11.8 Å². The Bertz CT molecular complexity index is 1540. The fraction of sp³-hybridized carbons (Fsp3) is 0.387. The van der Waals surface area contributed by atoms with E-state index in [0.717, 1.165) is 32.5 Å². The molecule has 3 N–H and O–H groups in total. The number of pyridine rings is 1. The van der Waals surface area contributed by atoms with Gasteiger partial charge in [0.15, 0.2) is 0 Å². The molecule has 0 spiro atoms. The minimum Gasteiger partial charge on any atom is -0.494 e. The number of carbonyl (C=O) groups excluding carboxylic acids is 3. The summed E-state index contributed by atoms with van der Waals surface area (Å²) in [6, 6.07) is 15.0. The molecule has 12 nitrogen and oxygen atoms in total. The van der Waals surface area contributed by atoms with Crippen molar-refractivity contribution >= 4 is 41.2 Å². The molecule has 2 aromatic carbocycles. The molecular formula is C31H35BN6O6. The highest BCUT2D eigenvalue weighted by atomic mass is 16.5. The molecule has 3 heterocycles. The zero-order valence-electron chi connectivity index (χ0n) is 24.4. The monoisotopic (exact) mass is 598 g/mol. The lowest BCUT2D eigenvalue weighted by atomic mass is 9.80. The van der Waals surface area contributed by atoms with Crippen molar-refractivity contribution in [2.75, 3.05) is 52.4 Å². The van der Waals surface area contributed by atoms with Gasteiger partial charge in [-0.25, -0.2) is 0 Å². The van der Waals surface area contributed by atoms with Crippen molar-refractivity contribution in [2.24, 2.45) is 0 Å². The van der Waals surface area contributed by atoms with Gasteiger partial charge in [-0.15, -0.1) is 0 Å². The first-order chi connectivity index (χ1) is 21.3. The van der Waals surface area contributed by atoms with E-state index in [9.17, 15) is 29.7 Å². The molecule has 0 bridgehead atoms. The smallest absolute Gasteiger partial charge is 0.488 e. The first kappa shape index (κ1) is 30.9. The lowest BCUT2D eigenvalue weighted by molar-refractivity contribution is -0.130. The molecule has 2 aliphatic rings. The maximum absolute atomic E-state index is 13.0. The van der Waals surface area contributed by atoms with Crippen LogP contribution in [0.25, 0.3) is 10.9 Å². The van der Waals surface area contributed by atoms with Crippen LogP contribution in [0.2, 0.25) is 0 Å². The second-order valence-electron chi connectivity index (χ2n) is 10.9. The molecule has 0 saturated carbocycles. The summed E-state index contributed by atoms with van der Waals surface area (Å²) in [6.07, 6.45) is 3.77. The zero-order valence-corrected chi connectivity index (χ0v) is 24.4. The highest BCUT2D eigenvalue weighted by Gasteiger charge is 2.28. The molecule has 5 rings (SSSR count). The van der Waals surface area contributed by atoms with Crippen molar-refractivity contribution in [2.45, 2.75) is 25.3 Å². The molecule has 2 aliphatic heterocycles. The number of piperazine rings is 1. The molecule has 0 radical (unpaired) electrons. The van der Waals surface area contributed by atoms with Gasteiger partial charge in [-0.1, -0.05) is 12.1 Å². The van der Waals surface area contributed by atoms with Crippen molar-refractivity contribution in [3.8, 4) is 11.8 Å². The molecule has 2 saturated heterocycles. The Balaban J connectivity index is 1.08. The van der Waals surface area contributed by atoms with Gasteiger partial charge in [-0.2, -0.15) is 5.26 Å². The Hall–Kier alpha value is -4.51. The number of benzene rings is 2. The third-order valence-electron chi connectivity index (χ3n) is 8.08. The standard InChI is InChI=1S/C31H35BN6O6/c33-20-24-3-1-13-38(24)29(39)21-35-30(40)26-10-11-34-28-9-8-25(19-27(26)28)44-18-2-12-36-14-16-37(17-15-36)31(41)22-4-6-23(7-5-22)32(42)43/h4-11,19,24,42-43H,1-3,12-18,21H2,(H,35,40)/t24-/m0/s1. The summed E-state index contributed by atoms with van der Waals surface area (Å²) < 4.78 is 6.00. The van der Waals surface area contributed by atoms with Crippen molar-refractivity contribution < 1.29 is 29.2 Å². The summed E-state index contributed by atoms with van der Waals surface area (Å²) in [7, 11) is -1.56. The van der Waals surface area contributed by atoms with E-state index >= 15 is 0 Å². The fourth-order valence-corrected chi connectivity index (χ4v) is 5.60. The van der Waals surface area contributed by atoms with E-state index < -0.39 is 19.1 Å². The first-order valence-corrected chi connectivity index (χ1v) is 14.8. The number of hydrogen-bond acceptors (Lipinski definition) is 9. The number of rotatable bonds is 10. The third kappa shape index (κ3) is 7.34. The van der Waals surface area contributed by atoms with E-state index in [1.807, 2.05) is 6.07 Å². The van der Waals surface area contributed by atoms with Crippen LogP contribution in [0.5, 0.6) is 5.75 Å². The van der Waals surface area contributed by atoms with Crippen molar-refractivity contribution in [1.82, 2.24) is 25.0 Å². The molecule has 228 valence electrons. The van der Waals surface area contributed by atoms with Gasteiger partial charge >= 0.3 is 7.12 Å². The first-order valence-electron chi connectivity index (χ1n) is 14.8. The van der Waals surface area contributed by atoms with Crippen LogP contribution >= 0.6 is 0 Å². The molecular weight excluding hydrogens is 563 g/mol. The number of ether oxygens (including phenoxy) is 1. The van der Waals surface area contributed by atoms with Gasteiger partial charge in [0.25, 0.3) is 11.8 Å². The van der Waals surface area contributed by atoms with E-state index in [1.54, 1.807) is 53.6 Å². The van der Waals surface area contributed by atoms with Crippen LogP contribution in [0.4, 0.5) is 0 Å². The van der Waals surface area contributed by atoms with E-state index in [0.29, 0.717) is 65.9 Å². The van der Waals surface area contributed by atoms with Crippen LogP contribution in [-0.2, 0) is 4.79 Å². The van der Waals surface area contributed by atoms with Gasteiger partial charge in [-0.3, -0.25) is 24.3 Å². The summed E-state index contributed by atoms with van der Waals surface area (Å²) in [5, 5.41) is 31.0. The Morgan fingerprint density at radius 2 is 1.82 bits per heavy atom. The highest BCUT2D eigenvalue weighted by molar-refractivity contribution is 6.58. The van der Waals surface area contributed by atoms with Gasteiger partial charge in [0, 0.05) is 56.4 Å². The number of hydrogen-bond donors (Lipinski definition) is 3. The number of nitriles is 1. The van der Waals surface area contributed by atoms with Gasteiger partial charge < -0.3 is 29.9 Å².